The summed E-state index contributed by atoms with van der Waals surface area (Å²) in [5.41, 5.74) is -0.664. The maximum absolute atomic E-state index is 12.6. The fourth-order valence-corrected chi connectivity index (χ4v) is 2.87. The number of carbonyl (C=O) groups is 2. The van der Waals surface area contributed by atoms with Gasteiger partial charge in [0.05, 0.1) is 18.8 Å². The molecule has 0 aliphatic rings. The summed E-state index contributed by atoms with van der Waals surface area (Å²) in [5, 5.41) is 0.222. The Kier molecular flexibility index (Phi) is 5.78. The van der Waals surface area contributed by atoms with Gasteiger partial charge >= 0.3 is 18.1 Å². The van der Waals surface area contributed by atoms with Crippen LogP contribution >= 0.6 is 11.3 Å². The Morgan fingerprint density at radius 2 is 1.60 bits per heavy atom. The molecule has 0 N–H and O–H groups in total. The predicted molar refractivity (Wildman–Crippen MR) is 84.5 cm³/mol. The lowest BCUT2D eigenvalue weighted by molar-refractivity contribution is -0.137. The van der Waals surface area contributed by atoms with Crippen molar-refractivity contribution in [3.05, 3.63) is 40.4 Å². The van der Waals surface area contributed by atoms with Crippen LogP contribution in [0.3, 0.4) is 0 Å². The third kappa shape index (κ3) is 4.36. The van der Waals surface area contributed by atoms with Crippen molar-refractivity contribution in [2.45, 2.75) is 20.0 Å². The molecule has 1 aromatic heterocycles. The molecule has 0 bridgehead atoms. The largest absolute Gasteiger partial charge is 0.462 e. The highest BCUT2D eigenvalue weighted by molar-refractivity contribution is 7.17. The van der Waals surface area contributed by atoms with E-state index in [0.717, 1.165) is 23.5 Å². The van der Waals surface area contributed by atoms with Gasteiger partial charge < -0.3 is 9.47 Å². The van der Waals surface area contributed by atoms with Crippen LogP contribution in [-0.2, 0) is 15.7 Å². The standard InChI is InChI=1S/C16H14F3NO4S/c1-3-23-14(21)11-12(15(22)24-4-2)25-13(20-11)9-5-7-10(8-6-9)16(17,18)19/h5-8H,3-4H2,1-2H3. The quantitative estimate of drug-likeness (QED) is 0.736. The first-order valence-corrected chi connectivity index (χ1v) is 8.12. The van der Waals surface area contributed by atoms with Crippen LogP contribution in [0.25, 0.3) is 10.6 Å². The van der Waals surface area contributed by atoms with Crippen molar-refractivity contribution in [1.29, 1.82) is 0 Å². The lowest BCUT2D eigenvalue weighted by Crippen LogP contribution is -2.12. The molecule has 134 valence electrons. The van der Waals surface area contributed by atoms with Crippen LogP contribution in [-0.4, -0.2) is 30.1 Å². The zero-order valence-corrected chi connectivity index (χ0v) is 14.2. The van der Waals surface area contributed by atoms with E-state index in [9.17, 15) is 22.8 Å². The molecule has 0 aliphatic heterocycles. The molecule has 2 rings (SSSR count). The van der Waals surface area contributed by atoms with E-state index in [0.29, 0.717) is 5.56 Å². The molecule has 0 saturated carbocycles. The topological polar surface area (TPSA) is 65.5 Å². The number of rotatable bonds is 5. The van der Waals surface area contributed by atoms with Gasteiger partial charge in [-0.3, -0.25) is 0 Å². The molecule has 0 atom stereocenters. The van der Waals surface area contributed by atoms with Crippen LogP contribution in [0.1, 0.15) is 39.6 Å². The second-order valence-electron chi connectivity index (χ2n) is 4.71. The molecule has 0 unspecified atom stereocenters. The SMILES string of the molecule is CCOC(=O)c1nc(-c2ccc(C(F)(F)F)cc2)sc1C(=O)OCC. The molecule has 1 aromatic carbocycles. The normalized spacial score (nSPS) is 11.2. The number of hydrogen-bond donors (Lipinski definition) is 0. The lowest BCUT2D eigenvalue weighted by atomic mass is 10.1. The van der Waals surface area contributed by atoms with Gasteiger partial charge in [0.15, 0.2) is 5.69 Å². The van der Waals surface area contributed by atoms with Crippen LogP contribution in [0, 0.1) is 0 Å². The van der Waals surface area contributed by atoms with E-state index in [4.69, 9.17) is 9.47 Å². The fraction of sp³-hybridized carbons (Fsp3) is 0.312. The number of aromatic nitrogens is 1. The van der Waals surface area contributed by atoms with Crippen LogP contribution in [0.2, 0.25) is 0 Å². The second kappa shape index (κ2) is 7.64. The minimum absolute atomic E-state index is 0.0461. The van der Waals surface area contributed by atoms with Crippen LogP contribution in [0.5, 0.6) is 0 Å². The van der Waals surface area contributed by atoms with E-state index in [1.165, 1.54) is 12.1 Å². The molecule has 9 heteroatoms. The van der Waals surface area contributed by atoms with Gasteiger partial charge in [0, 0.05) is 5.56 Å². The summed E-state index contributed by atoms with van der Waals surface area (Å²) in [5.74, 6) is -1.53. The number of halogens is 3. The van der Waals surface area contributed by atoms with Crippen LogP contribution in [0.4, 0.5) is 13.2 Å². The summed E-state index contributed by atoms with van der Waals surface area (Å²) in [4.78, 5) is 28.0. The zero-order chi connectivity index (χ0) is 18.6. The van der Waals surface area contributed by atoms with Gasteiger partial charge in [-0.1, -0.05) is 12.1 Å². The Morgan fingerprint density at radius 3 is 2.12 bits per heavy atom. The van der Waals surface area contributed by atoms with E-state index in [1.54, 1.807) is 13.8 Å². The number of carbonyl (C=O) groups excluding carboxylic acids is 2. The Bertz CT molecular complexity index is 733. The maximum Gasteiger partial charge on any atom is 0.416 e. The minimum Gasteiger partial charge on any atom is -0.462 e. The number of hydrogen-bond acceptors (Lipinski definition) is 6. The van der Waals surface area contributed by atoms with Gasteiger partial charge in [-0.05, 0) is 26.0 Å². The number of ether oxygens (including phenoxy) is 2. The third-order valence-electron chi connectivity index (χ3n) is 3.02. The lowest BCUT2D eigenvalue weighted by Gasteiger charge is -2.06. The highest BCUT2D eigenvalue weighted by atomic mass is 32.1. The summed E-state index contributed by atoms with van der Waals surface area (Å²) >= 11 is 0.860. The molecule has 2 aromatic rings. The zero-order valence-electron chi connectivity index (χ0n) is 13.3. The van der Waals surface area contributed by atoms with Crippen molar-refractivity contribution in [2.75, 3.05) is 13.2 Å². The molecule has 0 spiro atoms. The number of thiazole rings is 1. The number of esters is 2. The van der Waals surface area contributed by atoms with E-state index < -0.39 is 23.7 Å². The average Bonchev–Trinajstić information content (AvgIpc) is 3.00. The molecule has 0 saturated heterocycles. The van der Waals surface area contributed by atoms with Crippen molar-refractivity contribution in [2.24, 2.45) is 0 Å². The summed E-state index contributed by atoms with van der Waals surface area (Å²) < 4.78 is 47.7. The summed E-state index contributed by atoms with van der Waals surface area (Å²) in [7, 11) is 0. The first-order chi connectivity index (χ1) is 11.8. The van der Waals surface area contributed by atoms with Gasteiger partial charge in [-0.15, -0.1) is 11.3 Å². The van der Waals surface area contributed by atoms with Gasteiger partial charge in [0.25, 0.3) is 0 Å². The van der Waals surface area contributed by atoms with Crippen LogP contribution < -0.4 is 0 Å². The van der Waals surface area contributed by atoms with Gasteiger partial charge in [0.1, 0.15) is 9.88 Å². The molecular weight excluding hydrogens is 359 g/mol. The molecule has 5 nitrogen and oxygen atoms in total. The molecule has 0 amide bonds. The van der Waals surface area contributed by atoms with Crippen molar-refractivity contribution >= 4 is 23.3 Å². The highest BCUT2D eigenvalue weighted by Crippen LogP contribution is 2.33. The fourth-order valence-electron chi connectivity index (χ4n) is 1.92. The molecule has 25 heavy (non-hydrogen) atoms. The Hall–Kier alpha value is -2.42. The number of alkyl halides is 3. The molecular formula is C16H14F3NO4S. The first kappa shape index (κ1) is 18.9. The summed E-state index contributed by atoms with van der Waals surface area (Å²) in [6, 6.07) is 4.27. The highest BCUT2D eigenvalue weighted by Gasteiger charge is 2.30. The third-order valence-corrected chi connectivity index (χ3v) is 4.10. The predicted octanol–water partition coefficient (Wildman–Crippen LogP) is 4.18. The van der Waals surface area contributed by atoms with E-state index in [1.807, 2.05) is 0 Å². The Morgan fingerprint density at radius 1 is 1.04 bits per heavy atom. The molecule has 0 aliphatic carbocycles. The number of benzene rings is 1. The van der Waals surface area contributed by atoms with Crippen molar-refractivity contribution in [3.8, 4) is 10.6 Å². The van der Waals surface area contributed by atoms with Crippen LogP contribution in [0.15, 0.2) is 24.3 Å². The molecule has 1 heterocycles. The monoisotopic (exact) mass is 373 g/mol. The Balaban J connectivity index is 2.43. The van der Waals surface area contributed by atoms with Crippen molar-refractivity contribution < 1.29 is 32.2 Å². The smallest absolute Gasteiger partial charge is 0.416 e. The van der Waals surface area contributed by atoms with E-state index in [2.05, 4.69) is 4.98 Å². The molecule has 0 fully saturated rings. The average molecular weight is 373 g/mol. The maximum atomic E-state index is 12.6. The van der Waals surface area contributed by atoms with E-state index >= 15 is 0 Å². The van der Waals surface area contributed by atoms with Gasteiger partial charge in [-0.25, -0.2) is 14.6 Å². The Labute approximate surface area is 145 Å². The van der Waals surface area contributed by atoms with Gasteiger partial charge in [0.2, 0.25) is 0 Å². The van der Waals surface area contributed by atoms with Crippen molar-refractivity contribution in [1.82, 2.24) is 4.98 Å². The summed E-state index contributed by atoms with van der Waals surface area (Å²) in [6.07, 6.45) is -4.45. The molecule has 0 radical (unpaired) electrons. The second-order valence-corrected chi connectivity index (χ2v) is 5.71. The number of nitrogens with zero attached hydrogens (tertiary/aromatic N) is 1. The minimum atomic E-state index is -4.45. The van der Waals surface area contributed by atoms with Gasteiger partial charge in [-0.2, -0.15) is 13.2 Å². The first-order valence-electron chi connectivity index (χ1n) is 7.30. The van der Waals surface area contributed by atoms with E-state index in [-0.39, 0.29) is 28.8 Å². The summed E-state index contributed by atoms with van der Waals surface area (Å²) in [6.45, 7) is 3.41. The van der Waals surface area contributed by atoms with Crippen molar-refractivity contribution in [3.63, 3.8) is 0 Å².